The van der Waals surface area contributed by atoms with Gasteiger partial charge < -0.3 is 14.2 Å². The number of hydrogen-bond donors (Lipinski definition) is 0. The lowest BCUT2D eigenvalue weighted by Gasteiger charge is -2.18. The van der Waals surface area contributed by atoms with E-state index in [1.807, 2.05) is 0 Å². The molecule has 1 atom stereocenters. The highest BCUT2D eigenvalue weighted by Crippen LogP contribution is 2.16. The van der Waals surface area contributed by atoms with Crippen LogP contribution < -0.4 is 0 Å². The predicted molar refractivity (Wildman–Crippen MR) is 311 cm³/mol. The number of esters is 3. The highest BCUT2D eigenvalue weighted by molar-refractivity contribution is 5.71. The third-order valence-corrected chi connectivity index (χ3v) is 13.2. The Morgan fingerprint density at radius 1 is 0.292 bits per heavy atom. The molecule has 6 nitrogen and oxygen atoms in total. The number of unbranched alkanes of at least 4 members (excludes halogenated alkanes) is 30. The summed E-state index contributed by atoms with van der Waals surface area (Å²) in [5.41, 5.74) is 0. The van der Waals surface area contributed by atoms with Crippen molar-refractivity contribution >= 4 is 17.9 Å². The monoisotopic (exact) mass is 1000 g/mol. The van der Waals surface area contributed by atoms with Crippen molar-refractivity contribution in [2.45, 2.75) is 303 Å². The Kier molecular flexibility index (Phi) is 57.3. The normalized spacial score (nSPS) is 12.7. The van der Waals surface area contributed by atoms with Crippen molar-refractivity contribution in [2.75, 3.05) is 13.2 Å². The van der Waals surface area contributed by atoms with E-state index in [0.717, 1.165) is 103 Å². The van der Waals surface area contributed by atoms with Crippen LogP contribution in [-0.2, 0) is 28.6 Å². The lowest BCUT2D eigenvalue weighted by Crippen LogP contribution is -2.30. The van der Waals surface area contributed by atoms with E-state index in [0.29, 0.717) is 19.3 Å². The number of ether oxygens (including phenoxy) is 3. The molecular weight excluding hydrogens is 889 g/mol. The molecule has 0 aromatic heterocycles. The Bertz CT molecular complexity index is 1380. The Hall–Kier alpha value is -3.41. The smallest absolute Gasteiger partial charge is 0.306 e. The molecule has 1 unspecified atom stereocenters. The van der Waals surface area contributed by atoms with E-state index >= 15 is 0 Å². The Balaban J connectivity index is 4.04. The fraction of sp³-hybridized carbons (Fsp3) is 0.742. The molecule has 0 amide bonds. The van der Waals surface area contributed by atoms with Gasteiger partial charge in [-0.05, 0) is 77.0 Å². The zero-order valence-electron chi connectivity index (χ0n) is 47.4. The standard InChI is InChI=1S/C66H114O6/c1-4-7-10-13-16-18-20-22-24-25-26-27-28-29-30-31-32-33-34-35-36-37-38-39-40-41-43-44-46-48-50-53-56-59-65(68)71-62-63(61-70-64(67)58-55-52-15-12-9-6-3)72-66(69)60-57-54-51-49-47-45-42-23-21-19-17-14-11-8-5-2/h7,10,16,18,22,24,26-27,29-30,32-33,35-36,63H,4-6,8-9,11-15,17,19-21,23,25,28,31,34,37-62H2,1-3H3/b10-7-,18-16-,24-22-,27-26-,30-29-,33-32-,36-35-. The average molecular weight is 1000 g/mol. The first-order valence-corrected chi connectivity index (χ1v) is 30.6. The van der Waals surface area contributed by atoms with Crippen molar-refractivity contribution in [3.05, 3.63) is 85.1 Å². The van der Waals surface area contributed by atoms with E-state index in [2.05, 4.69) is 106 Å². The molecule has 0 aliphatic rings. The van der Waals surface area contributed by atoms with Crippen molar-refractivity contribution < 1.29 is 28.6 Å². The van der Waals surface area contributed by atoms with E-state index in [1.165, 1.54) is 154 Å². The summed E-state index contributed by atoms with van der Waals surface area (Å²) >= 11 is 0. The van der Waals surface area contributed by atoms with Gasteiger partial charge in [0.2, 0.25) is 0 Å². The maximum atomic E-state index is 12.8. The molecule has 72 heavy (non-hydrogen) atoms. The molecule has 0 fully saturated rings. The van der Waals surface area contributed by atoms with Crippen LogP contribution in [0.2, 0.25) is 0 Å². The topological polar surface area (TPSA) is 78.9 Å². The minimum absolute atomic E-state index is 0.0732. The SMILES string of the molecule is CC/C=C\C/C=C\C/C=C\C/C=C\C/C=C\C/C=C\C/C=C\CCCCCCCCCCCCCC(=O)OCC(COC(=O)CCCCCCCC)OC(=O)CCCCCCCCCCCCCCCCC. The van der Waals surface area contributed by atoms with Gasteiger partial charge >= 0.3 is 17.9 Å². The summed E-state index contributed by atoms with van der Waals surface area (Å²) in [4.78, 5) is 37.9. The number of carbonyl (C=O) groups excluding carboxylic acids is 3. The van der Waals surface area contributed by atoms with Crippen LogP contribution >= 0.6 is 0 Å². The van der Waals surface area contributed by atoms with Crippen LogP contribution in [0.3, 0.4) is 0 Å². The second-order valence-corrected chi connectivity index (χ2v) is 20.2. The van der Waals surface area contributed by atoms with E-state index in [9.17, 15) is 14.4 Å². The van der Waals surface area contributed by atoms with Gasteiger partial charge in [0.1, 0.15) is 13.2 Å². The van der Waals surface area contributed by atoms with E-state index in [1.54, 1.807) is 0 Å². The largest absolute Gasteiger partial charge is 0.462 e. The molecule has 0 N–H and O–H groups in total. The van der Waals surface area contributed by atoms with Gasteiger partial charge in [-0.3, -0.25) is 14.4 Å². The number of rotatable bonds is 55. The summed E-state index contributed by atoms with van der Waals surface area (Å²) in [5, 5.41) is 0. The van der Waals surface area contributed by atoms with Gasteiger partial charge in [0.05, 0.1) is 0 Å². The maximum absolute atomic E-state index is 12.8. The van der Waals surface area contributed by atoms with Crippen LogP contribution in [0.5, 0.6) is 0 Å². The third-order valence-electron chi connectivity index (χ3n) is 13.2. The van der Waals surface area contributed by atoms with Gasteiger partial charge in [-0.2, -0.15) is 0 Å². The first-order chi connectivity index (χ1) is 35.5. The zero-order valence-corrected chi connectivity index (χ0v) is 47.4. The number of allylic oxidation sites excluding steroid dienone is 14. The first-order valence-electron chi connectivity index (χ1n) is 30.6. The van der Waals surface area contributed by atoms with Crippen molar-refractivity contribution in [2.24, 2.45) is 0 Å². The molecule has 0 saturated carbocycles. The highest BCUT2D eigenvalue weighted by atomic mass is 16.6. The second kappa shape index (κ2) is 60.1. The summed E-state index contributed by atoms with van der Waals surface area (Å²) in [6, 6.07) is 0. The first kappa shape index (κ1) is 68.6. The molecule has 0 spiro atoms. The molecule has 414 valence electrons. The van der Waals surface area contributed by atoms with Gasteiger partial charge in [0.25, 0.3) is 0 Å². The molecule has 0 radical (unpaired) electrons. The fourth-order valence-electron chi connectivity index (χ4n) is 8.60. The maximum Gasteiger partial charge on any atom is 0.306 e. The average Bonchev–Trinajstić information content (AvgIpc) is 3.38. The van der Waals surface area contributed by atoms with Gasteiger partial charge in [-0.15, -0.1) is 0 Å². The summed E-state index contributed by atoms with van der Waals surface area (Å²) in [6.07, 6.45) is 79.1. The fourth-order valence-corrected chi connectivity index (χ4v) is 8.60. The van der Waals surface area contributed by atoms with Crippen molar-refractivity contribution in [3.63, 3.8) is 0 Å². The van der Waals surface area contributed by atoms with Crippen molar-refractivity contribution in [3.8, 4) is 0 Å². The Morgan fingerprint density at radius 2 is 0.542 bits per heavy atom. The molecule has 0 heterocycles. The van der Waals surface area contributed by atoms with Crippen LogP contribution in [0.25, 0.3) is 0 Å². The summed E-state index contributed by atoms with van der Waals surface area (Å²) in [5.74, 6) is -0.876. The lowest BCUT2D eigenvalue weighted by molar-refractivity contribution is -0.167. The van der Waals surface area contributed by atoms with Crippen molar-refractivity contribution in [1.82, 2.24) is 0 Å². The molecule has 0 aromatic carbocycles. The molecule has 0 aromatic rings. The van der Waals surface area contributed by atoms with E-state index in [-0.39, 0.29) is 31.1 Å². The zero-order chi connectivity index (χ0) is 52.2. The molecular formula is C66H114O6. The Morgan fingerprint density at radius 3 is 0.847 bits per heavy atom. The predicted octanol–water partition coefficient (Wildman–Crippen LogP) is 20.7. The molecule has 0 rings (SSSR count). The van der Waals surface area contributed by atoms with Crippen LogP contribution in [0.4, 0.5) is 0 Å². The van der Waals surface area contributed by atoms with Gasteiger partial charge in [-0.25, -0.2) is 0 Å². The Labute approximate surface area is 445 Å². The minimum Gasteiger partial charge on any atom is -0.462 e. The number of carbonyl (C=O) groups is 3. The van der Waals surface area contributed by atoms with Gasteiger partial charge in [0, 0.05) is 19.3 Å². The summed E-state index contributed by atoms with van der Waals surface area (Å²) in [7, 11) is 0. The molecule has 6 heteroatoms. The molecule has 0 bridgehead atoms. The van der Waals surface area contributed by atoms with E-state index < -0.39 is 6.10 Å². The molecule has 0 aliphatic carbocycles. The van der Waals surface area contributed by atoms with Gasteiger partial charge in [0.15, 0.2) is 6.10 Å². The van der Waals surface area contributed by atoms with Crippen LogP contribution in [0.1, 0.15) is 297 Å². The third kappa shape index (κ3) is 57.5. The second-order valence-electron chi connectivity index (χ2n) is 20.2. The van der Waals surface area contributed by atoms with Crippen molar-refractivity contribution in [1.29, 1.82) is 0 Å². The summed E-state index contributed by atoms with van der Waals surface area (Å²) < 4.78 is 16.8. The number of hydrogen-bond acceptors (Lipinski definition) is 6. The lowest BCUT2D eigenvalue weighted by atomic mass is 10.0. The quantitative estimate of drug-likeness (QED) is 0.0261. The van der Waals surface area contributed by atoms with Crippen LogP contribution in [0, 0.1) is 0 Å². The van der Waals surface area contributed by atoms with Gasteiger partial charge in [-0.1, -0.05) is 286 Å². The summed E-state index contributed by atoms with van der Waals surface area (Å²) in [6.45, 7) is 6.49. The van der Waals surface area contributed by atoms with E-state index in [4.69, 9.17) is 14.2 Å². The molecule has 0 saturated heterocycles. The minimum atomic E-state index is -0.771. The van der Waals surface area contributed by atoms with Crippen LogP contribution in [-0.4, -0.2) is 37.2 Å². The van der Waals surface area contributed by atoms with Crippen LogP contribution in [0.15, 0.2) is 85.1 Å². The highest BCUT2D eigenvalue weighted by Gasteiger charge is 2.19. The molecule has 0 aliphatic heterocycles.